The van der Waals surface area contributed by atoms with Gasteiger partial charge in [-0.05, 0) is 51.4 Å². The predicted molar refractivity (Wildman–Crippen MR) is 60.7 cm³/mol. The third-order valence-corrected chi connectivity index (χ3v) is 4.84. The Morgan fingerprint density at radius 1 is 1.00 bits per heavy atom. The Morgan fingerprint density at radius 3 is 2.33 bits per heavy atom. The molecule has 2 heteroatoms. The molecule has 0 aromatic rings. The molecule has 1 unspecified atom stereocenters. The van der Waals surface area contributed by atoms with E-state index in [1.54, 1.807) is 0 Å². The van der Waals surface area contributed by atoms with Crippen LogP contribution >= 0.6 is 0 Å². The molecule has 3 aliphatic rings. The second-order valence-electron chi connectivity index (χ2n) is 6.09. The van der Waals surface area contributed by atoms with E-state index in [0.29, 0.717) is 11.7 Å². The Bertz CT molecular complexity index is 241. The van der Waals surface area contributed by atoms with E-state index in [0.717, 1.165) is 6.42 Å². The fourth-order valence-corrected chi connectivity index (χ4v) is 3.71. The van der Waals surface area contributed by atoms with E-state index in [-0.39, 0.29) is 5.54 Å². The van der Waals surface area contributed by atoms with Crippen LogP contribution in [0.25, 0.3) is 0 Å². The van der Waals surface area contributed by atoms with Crippen molar-refractivity contribution < 1.29 is 4.74 Å². The summed E-state index contributed by atoms with van der Waals surface area (Å²) in [5.41, 5.74) is 6.73. The van der Waals surface area contributed by atoms with Crippen molar-refractivity contribution in [2.75, 3.05) is 0 Å². The van der Waals surface area contributed by atoms with Crippen molar-refractivity contribution in [2.24, 2.45) is 5.73 Å². The fraction of sp³-hybridized carbons (Fsp3) is 1.00. The number of ether oxygens (including phenoxy) is 1. The van der Waals surface area contributed by atoms with Crippen LogP contribution in [-0.4, -0.2) is 17.2 Å². The van der Waals surface area contributed by atoms with E-state index in [2.05, 4.69) is 0 Å². The summed E-state index contributed by atoms with van der Waals surface area (Å²) in [7, 11) is 0. The standard InChI is InChI=1S/C13H23NO/c14-12(5-3-6-12)10-11-4-9-13(15-11)7-1-2-8-13/h11H,1-10,14H2. The van der Waals surface area contributed by atoms with E-state index in [1.807, 2.05) is 0 Å². The highest BCUT2D eigenvalue weighted by atomic mass is 16.5. The van der Waals surface area contributed by atoms with Crippen LogP contribution < -0.4 is 5.73 Å². The van der Waals surface area contributed by atoms with Crippen molar-refractivity contribution in [2.45, 2.75) is 81.5 Å². The number of hydrogen-bond donors (Lipinski definition) is 1. The molecule has 1 aliphatic heterocycles. The lowest BCUT2D eigenvalue weighted by atomic mass is 9.74. The first-order valence-corrected chi connectivity index (χ1v) is 6.67. The molecule has 0 bridgehead atoms. The van der Waals surface area contributed by atoms with Crippen LogP contribution in [0.3, 0.4) is 0 Å². The van der Waals surface area contributed by atoms with Gasteiger partial charge in [0.1, 0.15) is 0 Å². The zero-order chi connectivity index (χ0) is 10.4. The van der Waals surface area contributed by atoms with Crippen molar-refractivity contribution in [1.29, 1.82) is 0 Å². The molecule has 0 radical (unpaired) electrons. The second kappa shape index (κ2) is 3.46. The number of nitrogens with two attached hydrogens (primary N) is 1. The average molecular weight is 209 g/mol. The Morgan fingerprint density at radius 2 is 1.73 bits per heavy atom. The van der Waals surface area contributed by atoms with Crippen LogP contribution in [0.5, 0.6) is 0 Å². The third kappa shape index (κ3) is 1.83. The Balaban J connectivity index is 1.56. The van der Waals surface area contributed by atoms with E-state index >= 15 is 0 Å². The summed E-state index contributed by atoms with van der Waals surface area (Å²) < 4.78 is 6.30. The van der Waals surface area contributed by atoms with E-state index in [9.17, 15) is 0 Å². The van der Waals surface area contributed by atoms with Gasteiger partial charge in [0.2, 0.25) is 0 Å². The van der Waals surface area contributed by atoms with Crippen molar-refractivity contribution in [3.8, 4) is 0 Å². The molecule has 0 aromatic carbocycles. The highest BCUT2D eigenvalue weighted by Crippen LogP contribution is 2.46. The summed E-state index contributed by atoms with van der Waals surface area (Å²) >= 11 is 0. The summed E-state index contributed by atoms with van der Waals surface area (Å²) in [5, 5.41) is 0. The van der Waals surface area contributed by atoms with Crippen molar-refractivity contribution in [1.82, 2.24) is 0 Å². The van der Waals surface area contributed by atoms with Gasteiger partial charge in [0, 0.05) is 5.54 Å². The molecular formula is C13H23NO. The maximum atomic E-state index is 6.30. The van der Waals surface area contributed by atoms with Crippen LogP contribution in [0.4, 0.5) is 0 Å². The molecule has 2 aliphatic carbocycles. The lowest BCUT2D eigenvalue weighted by molar-refractivity contribution is -0.0511. The monoisotopic (exact) mass is 209 g/mol. The molecule has 1 heterocycles. The summed E-state index contributed by atoms with van der Waals surface area (Å²) in [6.45, 7) is 0. The van der Waals surface area contributed by atoms with Gasteiger partial charge in [0.05, 0.1) is 11.7 Å². The first-order valence-electron chi connectivity index (χ1n) is 6.67. The van der Waals surface area contributed by atoms with E-state index < -0.39 is 0 Å². The van der Waals surface area contributed by atoms with Gasteiger partial charge in [0.15, 0.2) is 0 Å². The molecule has 0 amide bonds. The molecule has 1 spiro atoms. The average Bonchev–Trinajstić information content (AvgIpc) is 2.76. The number of rotatable bonds is 2. The molecule has 2 nitrogen and oxygen atoms in total. The quantitative estimate of drug-likeness (QED) is 0.759. The minimum Gasteiger partial charge on any atom is -0.372 e. The molecular weight excluding hydrogens is 186 g/mol. The van der Waals surface area contributed by atoms with E-state index in [1.165, 1.54) is 57.8 Å². The van der Waals surface area contributed by atoms with Crippen LogP contribution in [0.2, 0.25) is 0 Å². The van der Waals surface area contributed by atoms with Gasteiger partial charge >= 0.3 is 0 Å². The normalized spacial score (nSPS) is 37.0. The minimum atomic E-state index is 0.148. The molecule has 86 valence electrons. The first-order chi connectivity index (χ1) is 7.20. The van der Waals surface area contributed by atoms with Crippen LogP contribution in [-0.2, 0) is 4.74 Å². The lowest BCUT2D eigenvalue weighted by Crippen LogP contribution is -2.49. The minimum absolute atomic E-state index is 0.148. The van der Waals surface area contributed by atoms with Crippen LogP contribution in [0, 0.1) is 0 Å². The smallest absolute Gasteiger partial charge is 0.0687 e. The predicted octanol–water partition coefficient (Wildman–Crippen LogP) is 2.75. The van der Waals surface area contributed by atoms with Crippen molar-refractivity contribution >= 4 is 0 Å². The van der Waals surface area contributed by atoms with Crippen LogP contribution in [0.15, 0.2) is 0 Å². The van der Waals surface area contributed by atoms with Crippen LogP contribution in [0.1, 0.15) is 64.2 Å². The van der Waals surface area contributed by atoms with Gasteiger partial charge in [-0.15, -0.1) is 0 Å². The van der Waals surface area contributed by atoms with Gasteiger partial charge in [-0.25, -0.2) is 0 Å². The highest BCUT2D eigenvalue weighted by Gasteiger charge is 2.45. The lowest BCUT2D eigenvalue weighted by Gasteiger charge is -2.40. The molecule has 3 fully saturated rings. The maximum absolute atomic E-state index is 6.30. The van der Waals surface area contributed by atoms with Gasteiger partial charge < -0.3 is 10.5 Å². The van der Waals surface area contributed by atoms with Crippen molar-refractivity contribution in [3.63, 3.8) is 0 Å². The zero-order valence-corrected chi connectivity index (χ0v) is 9.63. The van der Waals surface area contributed by atoms with E-state index in [4.69, 9.17) is 10.5 Å². The fourth-order valence-electron chi connectivity index (χ4n) is 3.71. The zero-order valence-electron chi connectivity index (χ0n) is 9.63. The van der Waals surface area contributed by atoms with Gasteiger partial charge in [-0.1, -0.05) is 12.8 Å². The molecule has 1 saturated heterocycles. The summed E-state index contributed by atoms with van der Waals surface area (Å²) in [6, 6.07) is 0. The SMILES string of the molecule is NC1(CC2CCC3(CCCC3)O2)CCC1. The number of hydrogen-bond acceptors (Lipinski definition) is 2. The van der Waals surface area contributed by atoms with Gasteiger partial charge in [-0.3, -0.25) is 0 Å². The third-order valence-electron chi connectivity index (χ3n) is 4.84. The molecule has 3 rings (SSSR count). The summed E-state index contributed by atoms with van der Waals surface area (Å²) in [4.78, 5) is 0. The Kier molecular flexibility index (Phi) is 2.33. The molecule has 0 aromatic heterocycles. The van der Waals surface area contributed by atoms with Gasteiger partial charge in [0.25, 0.3) is 0 Å². The highest BCUT2D eigenvalue weighted by molar-refractivity contribution is 4.99. The molecule has 2 saturated carbocycles. The second-order valence-corrected chi connectivity index (χ2v) is 6.09. The Labute approximate surface area is 92.6 Å². The topological polar surface area (TPSA) is 35.2 Å². The molecule has 2 N–H and O–H groups in total. The van der Waals surface area contributed by atoms with Gasteiger partial charge in [-0.2, -0.15) is 0 Å². The Hall–Kier alpha value is -0.0800. The van der Waals surface area contributed by atoms with Crippen molar-refractivity contribution in [3.05, 3.63) is 0 Å². The molecule has 1 atom stereocenters. The first kappa shape index (κ1) is 10.1. The maximum Gasteiger partial charge on any atom is 0.0687 e. The summed E-state index contributed by atoms with van der Waals surface area (Å²) in [6.07, 6.45) is 13.3. The largest absolute Gasteiger partial charge is 0.372 e. The molecule has 15 heavy (non-hydrogen) atoms. The summed E-state index contributed by atoms with van der Waals surface area (Å²) in [5.74, 6) is 0.